The predicted molar refractivity (Wildman–Crippen MR) is 96.8 cm³/mol. The second-order valence-corrected chi connectivity index (χ2v) is 7.25. The highest BCUT2D eigenvalue weighted by Gasteiger charge is 2.12. The van der Waals surface area contributed by atoms with Crippen molar-refractivity contribution in [2.24, 2.45) is 5.92 Å². The van der Waals surface area contributed by atoms with Crippen LogP contribution in [0.25, 0.3) is 11.5 Å². The number of amides is 1. The third-order valence-corrected chi connectivity index (χ3v) is 4.40. The van der Waals surface area contributed by atoms with E-state index in [0.29, 0.717) is 17.0 Å². The zero-order chi connectivity index (χ0) is 17.4. The second-order valence-electron chi connectivity index (χ2n) is 6.32. The first-order chi connectivity index (χ1) is 11.5. The van der Waals surface area contributed by atoms with E-state index >= 15 is 0 Å². The van der Waals surface area contributed by atoms with Gasteiger partial charge in [-0.1, -0.05) is 56.7 Å². The maximum atomic E-state index is 12.0. The lowest BCUT2D eigenvalue weighted by Gasteiger charge is -2.14. The summed E-state index contributed by atoms with van der Waals surface area (Å²) in [6, 6.07) is 9.78. The molecular formula is C18H25N3O2S. The molecule has 1 heterocycles. The van der Waals surface area contributed by atoms with Crippen molar-refractivity contribution in [1.82, 2.24) is 15.5 Å². The molecule has 0 radical (unpaired) electrons. The third kappa shape index (κ3) is 6.35. The van der Waals surface area contributed by atoms with Crippen molar-refractivity contribution in [1.29, 1.82) is 0 Å². The van der Waals surface area contributed by atoms with Crippen LogP contribution in [0.4, 0.5) is 0 Å². The van der Waals surface area contributed by atoms with Crippen LogP contribution < -0.4 is 5.32 Å². The van der Waals surface area contributed by atoms with E-state index in [4.69, 9.17) is 4.42 Å². The van der Waals surface area contributed by atoms with Gasteiger partial charge < -0.3 is 9.73 Å². The molecule has 2 rings (SSSR count). The number of hydrogen-bond donors (Lipinski definition) is 1. The van der Waals surface area contributed by atoms with Crippen LogP contribution in [0.3, 0.4) is 0 Å². The van der Waals surface area contributed by atoms with Crippen LogP contribution in [-0.4, -0.2) is 27.9 Å². The van der Waals surface area contributed by atoms with Crippen molar-refractivity contribution in [2.45, 2.75) is 51.3 Å². The largest absolute Gasteiger partial charge is 0.411 e. The van der Waals surface area contributed by atoms with E-state index in [2.05, 4.69) is 29.4 Å². The van der Waals surface area contributed by atoms with E-state index in [-0.39, 0.29) is 17.7 Å². The van der Waals surface area contributed by atoms with E-state index in [9.17, 15) is 4.79 Å². The van der Waals surface area contributed by atoms with Crippen LogP contribution in [-0.2, 0) is 4.79 Å². The molecule has 1 amide bonds. The van der Waals surface area contributed by atoms with E-state index in [0.717, 1.165) is 18.4 Å². The number of benzene rings is 1. The van der Waals surface area contributed by atoms with Crippen LogP contribution in [0.2, 0.25) is 0 Å². The summed E-state index contributed by atoms with van der Waals surface area (Å²) >= 11 is 1.26. The van der Waals surface area contributed by atoms with Crippen LogP contribution in [0.1, 0.15) is 40.0 Å². The molecule has 2 aromatic rings. The Bertz CT molecular complexity index is 628. The Morgan fingerprint density at radius 2 is 1.92 bits per heavy atom. The quantitative estimate of drug-likeness (QED) is 0.690. The van der Waals surface area contributed by atoms with Gasteiger partial charge in [-0.05, 0) is 31.4 Å². The van der Waals surface area contributed by atoms with Crippen LogP contribution >= 0.6 is 11.8 Å². The number of carbonyl (C=O) groups excluding carboxylic acids is 1. The van der Waals surface area contributed by atoms with Crippen molar-refractivity contribution >= 4 is 17.7 Å². The number of thioether (sulfide) groups is 1. The fourth-order valence-corrected chi connectivity index (χ4v) is 2.89. The number of aromatic nitrogens is 2. The molecule has 6 heteroatoms. The summed E-state index contributed by atoms with van der Waals surface area (Å²) in [5.74, 6) is 1.46. The smallest absolute Gasteiger partial charge is 0.277 e. The second kappa shape index (κ2) is 9.47. The number of carbonyl (C=O) groups is 1. The molecule has 0 aliphatic rings. The highest BCUT2D eigenvalue weighted by atomic mass is 32.2. The standard InChI is InChI=1S/C18H25N3O2S/c1-13(2)8-7-9-14(3)19-16(22)12-24-18-21-20-17(23-18)15-10-5-4-6-11-15/h4-6,10-11,13-14H,7-9,12H2,1-3H3,(H,19,22). The molecule has 5 nitrogen and oxygen atoms in total. The molecule has 0 fully saturated rings. The SMILES string of the molecule is CC(C)CCCC(C)NC(=O)CSc1nnc(-c2ccccc2)o1. The summed E-state index contributed by atoms with van der Waals surface area (Å²) in [5, 5.41) is 11.4. The van der Waals surface area contributed by atoms with Gasteiger partial charge in [0.25, 0.3) is 5.22 Å². The van der Waals surface area contributed by atoms with Gasteiger partial charge >= 0.3 is 0 Å². The van der Waals surface area contributed by atoms with Crippen LogP contribution in [0.15, 0.2) is 40.0 Å². The maximum Gasteiger partial charge on any atom is 0.277 e. The van der Waals surface area contributed by atoms with Gasteiger partial charge in [-0.15, -0.1) is 10.2 Å². The van der Waals surface area contributed by atoms with Crippen molar-refractivity contribution in [3.8, 4) is 11.5 Å². The fraction of sp³-hybridized carbons (Fsp3) is 0.500. The van der Waals surface area contributed by atoms with Crippen molar-refractivity contribution in [3.63, 3.8) is 0 Å². The Hall–Kier alpha value is -1.82. The average Bonchev–Trinajstić information content (AvgIpc) is 3.02. The van der Waals surface area contributed by atoms with E-state index in [1.54, 1.807) is 0 Å². The molecule has 0 aliphatic heterocycles. The number of nitrogens with one attached hydrogen (secondary N) is 1. The molecule has 0 saturated heterocycles. The van der Waals surface area contributed by atoms with E-state index < -0.39 is 0 Å². The van der Waals surface area contributed by atoms with Gasteiger partial charge in [0.2, 0.25) is 11.8 Å². The molecule has 0 saturated carbocycles. The molecule has 0 aliphatic carbocycles. The van der Waals surface area contributed by atoms with Gasteiger partial charge in [0.1, 0.15) is 0 Å². The molecule has 0 spiro atoms. The molecule has 1 N–H and O–H groups in total. The molecule has 1 aromatic heterocycles. The van der Waals surface area contributed by atoms with Crippen molar-refractivity contribution in [2.75, 3.05) is 5.75 Å². The minimum Gasteiger partial charge on any atom is -0.411 e. The summed E-state index contributed by atoms with van der Waals surface area (Å²) in [6.07, 6.45) is 3.34. The third-order valence-electron chi connectivity index (χ3n) is 3.58. The maximum absolute atomic E-state index is 12.0. The molecule has 1 aromatic carbocycles. The highest BCUT2D eigenvalue weighted by molar-refractivity contribution is 7.99. The molecule has 130 valence electrons. The average molecular weight is 347 g/mol. The molecule has 24 heavy (non-hydrogen) atoms. The Labute approximate surface area is 147 Å². The zero-order valence-electron chi connectivity index (χ0n) is 14.5. The first kappa shape index (κ1) is 18.5. The van der Waals surface area contributed by atoms with Gasteiger partial charge in [-0.3, -0.25) is 4.79 Å². The molecule has 1 unspecified atom stereocenters. The molecular weight excluding hydrogens is 322 g/mol. The van der Waals surface area contributed by atoms with E-state index in [1.807, 2.05) is 37.3 Å². The lowest BCUT2D eigenvalue weighted by atomic mass is 10.0. The molecule has 0 bridgehead atoms. The number of hydrogen-bond acceptors (Lipinski definition) is 5. The first-order valence-electron chi connectivity index (χ1n) is 8.35. The fourth-order valence-electron chi connectivity index (χ4n) is 2.31. The number of nitrogens with zero attached hydrogens (tertiary/aromatic N) is 2. The topological polar surface area (TPSA) is 68.0 Å². The normalized spacial score (nSPS) is 12.3. The monoisotopic (exact) mass is 347 g/mol. The summed E-state index contributed by atoms with van der Waals surface area (Å²) in [6.45, 7) is 6.48. The Balaban J connectivity index is 1.73. The summed E-state index contributed by atoms with van der Waals surface area (Å²) in [5.41, 5.74) is 0.875. The Kier molecular flexibility index (Phi) is 7.31. The summed E-state index contributed by atoms with van der Waals surface area (Å²) in [7, 11) is 0. The van der Waals surface area contributed by atoms with Crippen molar-refractivity contribution in [3.05, 3.63) is 30.3 Å². The number of rotatable bonds is 9. The van der Waals surface area contributed by atoms with Gasteiger partial charge in [0, 0.05) is 11.6 Å². The van der Waals surface area contributed by atoms with Gasteiger partial charge in [-0.2, -0.15) is 0 Å². The Morgan fingerprint density at radius 1 is 1.17 bits per heavy atom. The van der Waals surface area contributed by atoms with Gasteiger partial charge in [0.15, 0.2) is 0 Å². The van der Waals surface area contributed by atoms with Crippen molar-refractivity contribution < 1.29 is 9.21 Å². The lowest BCUT2D eigenvalue weighted by Crippen LogP contribution is -2.33. The summed E-state index contributed by atoms with van der Waals surface area (Å²) in [4.78, 5) is 12.0. The minimum atomic E-state index is -0.00323. The first-order valence-corrected chi connectivity index (χ1v) is 9.34. The minimum absolute atomic E-state index is 0.00323. The van der Waals surface area contributed by atoms with Crippen LogP contribution in [0.5, 0.6) is 0 Å². The predicted octanol–water partition coefficient (Wildman–Crippen LogP) is 4.16. The lowest BCUT2D eigenvalue weighted by molar-refractivity contribution is -0.119. The summed E-state index contributed by atoms with van der Waals surface area (Å²) < 4.78 is 5.58. The van der Waals surface area contributed by atoms with E-state index in [1.165, 1.54) is 18.2 Å². The zero-order valence-corrected chi connectivity index (χ0v) is 15.3. The highest BCUT2D eigenvalue weighted by Crippen LogP contribution is 2.22. The van der Waals surface area contributed by atoms with Gasteiger partial charge in [-0.25, -0.2) is 0 Å². The molecule has 1 atom stereocenters. The Morgan fingerprint density at radius 3 is 2.62 bits per heavy atom. The van der Waals surface area contributed by atoms with Crippen LogP contribution in [0, 0.1) is 5.92 Å². The van der Waals surface area contributed by atoms with Gasteiger partial charge in [0.05, 0.1) is 5.75 Å².